The number of para-hydroxylation sites is 1. The lowest BCUT2D eigenvalue weighted by Gasteiger charge is -2.34. The first kappa shape index (κ1) is 118. The predicted octanol–water partition coefficient (Wildman–Crippen LogP) is 1.37. The number of phenols is 1. The standard InChI is InChI=1S/C97H142N18O23.CH4/c1-52(2)44-66-51-102-70(38-40-76(98)119)82(125)81(124)57(8)104-89(132)75(48-65-50-101-69-33-27-26-32-68(65)69)110-90(133)73(47-64-34-36-67(118)37-35-64)109-88(131)71(39-41-77(120)121)112-95(138)97(15,115-92(135)74(46-63-30-24-23-25-31-63)111-93(136)78(61(12)116)113-91(134)72(45-53(3)4)108-62(13)117)43-29-22-20-18-16-17-19-21-28-42-96(14,114-87(66)130)94(137)107-60(11)86(129)106-59(10)85(128)105-58(9)84(127)103-56(7)80(123)79(122)55(6)100-49-54(5)83(99)126;/h17,19,23-27,30-37,50,52-61,66,70-75,78,100-102,116,118H,16,18,20-22,28-29,38-49,51H2,1-15H3,(H2,98,119)(H2,99,126)(H,103,127)(H,104,132)(H,105,128)(H,106,129)(H,107,137)(H,108,117)(H,109,131)(H,110,133)(H,111,136)(H,112,138)(H,113,134)(H,114,130)(H,115,135)(H,120,121);1H4/b19-17+;/t54-,55-,56-,57-,58?,59-,60?,61+,66+,70-,71-,72-,73?,74-,75-,78-,96-,97+;/m0./s1. The first-order valence-corrected chi connectivity index (χ1v) is 46.9. The highest BCUT2D eigenvalue weighted by atomic mass is 16.4. The van der Waals surface area contributed by atoms with Crippen LogP contribution in [0.3, 0.4) is 0 Å². The van der Waals surface area contributed by atoms with Crippen LogP contribution < -0.4 is 91.2 Å². The van der Waals surface area contributed by atoms with Gasteiger partial charge in [0, 0.05) is 75.1 Å². The summed E-state index contributed by atoms with van der Waals surface area (Å²) in [6.45, 7) is 21.2. The van der Waals surface area contributed by atoms with Gasteiger partial charge in [0.1, 0.15) is 71.2 Å². The summed E-state index contributed by atoms with van der Waals surface area (Å²) in [5, 5.41) is 71.9. The molecule has 139 heavy (non-hydrogen) atoms. The van der Waals surface area contributed by atoms with Crippen molar-refractivity contribution >= 4 is 129 Å². The van der Waals surface area contributed by atoms with E-state index in [0.29, 0.717) is 59.7 Å². The Balaban J connectivity index is 0.0000403. The number of nitrogens with two attached hydrogens (primary N) is 2. The molecule has 3 unspecified atom stereocenters. The first-order valence-electron chi connectivity index (χ1n) is 46.9. The van der Waals surface area contributed by atoms with Crippen molar-refractivity contribution in [3.63, 3.8) is 0 Å². The third kappa shape index (κ3) is 39.3. The average Bonchev–Trinajstić information content (AvgIpc) is 1.71. The van der Waals surface area contributed by atoms with E-state index in [-0.39, 0.29) is 89.5 Å². The van der Waals surface area contributed by atoms with E-state index in [1.54, 1.807) is 88.5 Å². The zero-order valence-corrected chi connectivity index (χ0v) is 81.4. The van der Waals surface area contributed by atoms with Crippen LogP contribution in [-0.2, 0) is 115 Å². The summed E-state index contributed by atoms with van der Waals surface area (Å²) in [7, 11) is 0. The minimum atomic E-state index is -2.08. The van der Waals surface area contributed by atoms with E-state index in [1.807, 2.05) is 12.2 Å². The number of primary amides is 2. The molecule has 0 saturated heterocycles. The Morgan fingerprint density at radius 2 is 1.08 bits per heavy atom. The second-order valence-corrected chi connectivity index (χ2v) is 37.1. The monoisotopic (exact) mass is 1940 g/mol. The number of carboxylic acid groups (broad SMARTS) is 1. The number of rotatable bonds is 39. The van der Waals surface area contributed by atoms with Gasteiger partial charge in [-0.15, -0.1) is 0 Å². The van der Waals surface area contributed by atoms with Crippen LogP contribution in [0.4, 0.5) is 0 Å². The van der Waals surface area contributed by atoms with Gasteiger partial charge < -0.3 is 112 Å². The molecule has 0 saturated carbocycles. The van der Waals surface area contributed by atoms with Gasteiger partial charge in [0.05, 0.1) is 36.2 Å². The van der Waals surface area contributed by atoms with Crippen LogP contribution in [0.15, 0.2) is 97.2 Å². The molecule has 0 fully saturated rings. The third-order valence-corrected chi connectivity index (χ3v) is 23.8. The molecule has 23 N–H and O–H groups in total. The predicted molar refractivity (Wildman–Crippen MR) is 517 cm³/mol. The third-order valence-electron chi connectivity index (χ3n) is 23.8. The molecule has 18 atom stereocenters. The molecule has 41 nitrogen and oxygen atoms in total. The number of aromatic amines is 1. The number of amides is 15. The number of aliphatic hydroxyl groups is 1. The lowest BCUT2D eigenvalue weighted by atomic mass is 9.89. The van der Waals surface area contributed by atoms with Crippen molar-refractivity contribution in [1.29, 1.82) is 0 Å². The van der Waals surface area contributed by atoms with E-state index in [4.69, 9.17) is 11.5 Å². The van der Waals surface area contributed by atoms with Crippen molar-refractivity contribution in [3.05, 3.63) is 114 Å². The number of allylic oxidation sites excluding steroid dienone is 2. The first-order chi connectivity index (χ1) is 64.8. The quantitative estimate of drug-likeness (QED) is 0.0222. The number of carbonyl (C=O) groups excluding carboxylic acids is 19. The molecule has 766 valence electrons. The molecule has 4 aromatic rings. The summed E-state index contributed by atoms with van der Waals surface area (Å²) >= 11 is 0. The zero-order valence-electron chi connectivity index (χ0n) is 81.4. The number of hydrogen-bond acceptors (Lipinski definition) is 24. The summed E-state index contributed by atoms with van der Waals surface area (Å²) in [6, 6.07) is 1.10. The smallest absolute Gasteiger partial charge is 0.303 e. The maximum atomic E-state index is 15.6. The number of carboxylic acids is 1. The Hall–Kier alpha value is -13.2. The summed E-state index contributed by atoms with van der Waals surface area (Å²) in [5.74, 6) is -21.6. The Morgan fingerprint density at radius 3 is 1.66 bits per heavy atom. The van der Waals surface area contributed by atoms with Gasteiger partial charge in [-0.3, -0.25) is 95.9 Å². The number of phenolic OH excluding ortho intramolecular Hbond substituents is 1. The van der Waals surface area contributed by atoms with Gasteiger partial charge in [-0.1, -0.05) is 134 Å². The fourth-order valence-corrected chi connectivity index (χ4v) is 15.4. The maximum Gasteiger partial charge on any atom is 0.303 e. The molecule has 5 rings (SSSR count). The largest absolute Gasteiger partial charge is 0.508 e. The van der Waals surface area contributed by atoms with E-state index in [1.165, 1.54) is 100 Å². The Labute approximate surface area is 811 Å². The van der Waals surface area contributed by atoms with Gasteiger partial charge in [-0.2, -0.15) is 0 Å². The number of fused-ring (bicyclic) bond motifs is 1. The number of benzene rings is 3. The molecule has 3 aromatic carbocycles. The number of nitrogens with one attached hydrogen (secondary N) is 16. The molecule has 1 aliphatic rings. The summed E-state index contributed by atoms with van der Waals surface area (Å²) in [6.07, 6.45) is 2.88. The van der Waals surface area contributed by atoms with Gasteiger partial charge >= 0.3 is 5.97 Å². The van der Waals surface area contributed by atoms with Crippen molar-refractivity contribution in [2.75, 3.05) is 13.1 Å². The van der Waals surface area contributed by atoms with Crippen LogP contribution in [0.5, 0.6) is 5.75 Å². The molecule has 0 aliphatic carbocycles. The molecule has 2 heterocycles. The van der Waals surface area contributed by atoms with Gasteiger partial charge in [0.2, 0.25) is 112 Å². The lowest BCUT2D eigenvalue weighted by molar-refractivity contribution is -0.140. The van der Waals surface area contributed by atoms with Crippen LogP contribution in [0.25, 0.3) is 10.9 Å². The van der Waals surface area contributed by atoms with Crippen LogP contribution in [-0.4, -0.2) is 247 Å². The molecular weight excluding hydrogens is 1800 g/mol. The Bertz CT molecular complexity index is 4970. The lowest BCUT2D eigenvalue weighted by Crippen LogP contribution is -2.65. The van der Waals surface area contributed by atoms with Crippen LogP contribution >= 0.6 is 0 Å². The number of ketones is 4. The summed E-state index contributed by atoms with van der Waals surface area (Å²) in [4.78, 5) is 283. The Morgan fingerprint density at radius 1 is 0.525 bits per heavy atom. The second-order valence-electron chi connectivity index (χ2n) is 37.1. The fraction of sp³-hybridized carbons (Fsp3) is 0.571. The van der Waals surface area contributed by atoms with E-state index < -0.39 is 257 Å². The molecule has 1 aliphatic heterocycles. The van der Waals surface area contributed by atoms with E-state index in [2.05, 4.69) is 84.7 Å². The van der Waals surface area contributed by atoms with E-state index in [9.17, 15) is 82.4 Å². The van der Waals surface area contributed by atoms with Crippen molar-refractivity contribution in [1.82, 2.24) is 84.7 Å². The van der Waals surface area contributed by atoms with Crippen molar-refractivity contribution < 1.29 is 111 Å². The fourth-order valence-electron chi connectivity index (χ4n) is 15.4. The van der Waals surface area contributed by atoms with Crippen LogP contribution in [0, 0.1) is 23.7 Å². The average molecular weight is 1940 g/mol. The van der Waals surface area contributed by atoms with E-state index in [0.717, 1.165) is 0 Å². The molecule has 15 amide bonds. The van der Waals surface area contributed by atoms with Crippen LogP contribution in [0.2, 0.25) is 0 Å². The van der Waals surface area contributed by atoms with Crippen molar-refractivity contribution in [2.24, 2.45) is 35.1 Å². The maximum absolute atomic E-state index is 15.6. The molecule has 41 heteroatoms. The highest BCUT2D eigenvalue weighted by Crippen LogP contribution is 2.25. The number of H-pyrrole nitrogens is 1. The molecular formula is C98H146N18O23. The van der Waals surface area contributed by atoms with Crippen molar-refractivity contribution in [2.45, 2.75) is 323 Å². The number of aliphatic carboxylic acids is 1. The number of aliphatic hydroxyl groups excluding tert-OH is 1. The minimum Gasteiger partial charge on any atom is -0.508 e. The number of carbonyl (C=O) groups is 20. The number of Topliss-reactive ketones (excluding diaryl/α,β-unsaturated/α-hetero) is 4. The van der Waals surface area contributed by atoms with Gasteiger partial charge in [0.25, 0.3) is 0 Å². The topological polar surface area (TPSA) is 650 Å². The summed E-state index contributed by atoms with van der Waals surface area (Å²) in [5.41, 5.74) is 8.84. The summed E-state index contributed by atoms with van der Waals surface area (Å²) < 4.78 is 0. The highest BCUT2D eigenvalue weighted by molar-refractivity contribution is 6.41. The zero-order chi connectivity index (χ0) is 103. The number of aromatic nitrogens is 1. The molecule has 1 aromatic heterocycles. The van der Waals surface area contributed by atoms with Crippen LogP contribution in [0.1, 0.15) is 224 Å². The normalized spacial score (nSPS) is 21.9. The number of aromatic hydroxyl groups is 1. The molecule has 0 bridgehead atoms. The SMILES string of the molecule is C.CC(=O)N[C@@H](CC(C)C)C(=O)N[C@H](C(=O)N[C@@H](Cc1ccccc1)C(=O)N[C@]1(C)CCCCCC/C=C/CCC[C@@](C)(C(=O)NC(C)C(=O)N[C@@H](C)C(=O)NC(C)C(=O)N[C@@H](C)C(=O)C(=O)[C@H](C)NC[C@H](C)C(N)=O)NC(=O)[C@H](CC(C)C)CN[C@@H](CCC(N)=O)C(=O)C(=O)[C@H](C)NC(=O)[C@H](Cc2c[nH]c3ccccc23)NC(=O)C(Cc2ccc(O)cc2)NC(=O)[C@H](CCC(=O)O)NC1=O)[C@@H](C)O. The minimum absolute atomic E-state index is 0. The van der Waals surface area contributed by atoms with Gasteiger partial charge in [-0.05, 0) is 173 Å². The second kappa shape index (κ2) is 57.3. The molecule has 0 radical (unpaired) electrons. The van der Waals surface area contributed by atoms with Crippen molar-refractivity contribution in [3.8, 4) is 5.75 Å². The molecule has 0 spiro atoms. The van der Waals surface area contributed by atoms with E-state index >= 15 is 28.8 Å². The Kier molecular flexibility index (Phi) is 48.7. The highest BCUT2D eigenvalue weighted by Gasteiger charge is 2.44. The van der Waals surface area contributed by atoms with Gasteiger partial charge in [0.15, 0.2) is 0 Å². The number of hydrogen-bond donors (Lipinski definition) is 21. The van der Waals surface area contributed by atoms with Gasteiger partial charge in [-0.25, -0.2) is 0 Å².